The molecule has 6 unspecified atom stereocenters. The van der Waals surface area contributed by atoms with Crippen LogP contribution in [0, 0.1) is 34.5 Å². The maximum absolute atomic E-state index is 2.61. The van der Waals surface area contributed by atoms with E-state index in [9.17, 15) is 0 Å². The van der Waals surface area contributed by atoms with Crippen LogP contribution in [0.15, 0.2) is 12.2 Å². The van der Waals surface area contributed by atoms with Gasteiger partial charge in [-0.1, -0.05) is 12.2 Å². The van der Waals surface area contributed by atoms with Crippen molar-refractivity contribution in [2.24, 2.45) is 34.5 Å². The van der Waals surface area contributed by atoms with Crippen LogP contribution in [0.3, 0.4) is 0 Å². The van der Waals surface area contributed by atoms with Crippen LogP contribution < -0.4 is 0 Å². The quantitative estimate of drug-likeness (QED) is 0.493. The lowest BCUT2D eigenvalue weighted by molar-refractivity contribution is 0.293. The van der Waals surface area contributed by atoms with Gasteiger partial charge in [0.05, 0.1) is 0 Å². The summed E-state index contributed by atoms with van der Waals surface area (Å²) < 4.78 is 0. The first-order valence-corrected chi connectivity index (χ1v) is 6.09. The molecule has 0 aliphatic heterocycles. The van der Waals surface area contributed by atoms with Gasteiger partial charge in [-0.3, -0.25) is 0 Å². The Labute approximate surface area is 79.4 Å². The van der Waals surface area contributed by atoms with Gasteiger partial charge in [0.1, 0.15) is 0 Å². The molecule has 2 spiro atoms. The SMILES string of the molecule is C1=CC2C34CCC5CCC(CC13)C524. The minimum Gasteiger partial charge on any atom is -0.0845 e. The molecular weight excluding hydrogens is 156 g/mol. The second-order valence-electron chi connectivity index (χ2n) is 6.19. The third-order valence-corrected chi connectivity index (χ3v) is 6.65. The zero-order valence-electron chi connectivity index (χ0n) is 8.00. The molecule has 0 amide bonds. The molecule has 4 fully saturated rings. The Bertz CT molecular complexity index is 342. The van der Waals surface area contributed by atoms with Crippen molar-refractivity contribution in [3.63, 3.8) is 0 Å². The van der Waals surface area contributed by atoms with E-state index in [1.54, 1.807) is 32.1 Å². The third kappa shape index (κ3) is 0.346. The van der Waals surface area contributed by atoms with Crippen LogP contribution in [0.4, 0.5) is 0 Å². The average molecular weight is 172 g/mol. The van der Waals surface area contributed by atoms with Crippen molar-refractivity contribution in [3.05, 3.63) is 12.2 Å². The molecule has 0 heterocycles. The highest BCUT2D eigenvalue weighted by atomic mass is 14.9. The van der Waals surface area contributed by atoms with Crippen LogP contribution in [0.25, 0.3) is 0 Å². The van der Waals surface area contributed by atoms with Crippen molar-refractivity contribution < 1.29 is 0 Å². The summed E-state index contributed by atoms with van der Waals surface area (Å²) in [7, 11) is 0. The zero-order valence-corrected chi connectivity index (χ0v) is 8.00. The highest BCUT2D eigenvalue weighted by Gasteiger charge is 2.89. The van der Waals surface area contributed by atoms with E-state index in [4.69, 9.17) is 0 Å². The fraction of sp³-hybridized carbons (Fsp3) is 0.846. The Morgan fingerprint density at radius 2 is 1.92 bits per heavy atom. The molecule has 5 rings (SSSR count). The molecule has 0 radical (unpaired) electrons. The van der Waals surface area contributed by atoms with Crippen LogP contribution in [-0.4, -0.2) is 0 Å². The molecule has 6 atom stereocenters. The van der Waals surface area contributed by atoms with Gasteiger partial charge < -0.3 is 0 Å². The minimum absolute atomic E-state index is 0.874. The van der Waals surface area contributed by atoms with Crippen molar-refractivity contribution in [2.75, 3.05) is 0 Å². The summed E-state index contributed by atoms with van der Waals surface area (Å²) in [6, 6.07) is 0. The lowest BCUT2D eigenvalue weighted by atomic mass is 9.84. The summed E-state index contributed by atoms with van der Waals surface area (Å²) >= 11 is 0. The van der Waals surface area contributed by atoms with Crippen molar-refractivity contribution in [1.82, 2.24) is 0 Å². The normalized spacial score (nSPS) is 74.5. The van der Waals surface area contributed by atoms with E-state index < -0.39 is 0 Å². The molecule has 0 heteroatoms. The van der Waals surface area contributed by atoms with Gasteiger partial charge in [0.25, 0.3) is 0 Å². The highest BCUT2D eigenvalue weighted by Crippen LogP contribution is 2.95. The molecule has 4 saturated carbocycles. The van der Waals surface area contributed by atoms with Crippen LogP contribution >= 0.6 is 0 Å². The standard InChI is InChI=1S/C13H16/c1-2-10-7-9-3-4-11-12(9)6-5-8(1)13(10,11)12/h3-4,8-11H,1-2,5-7H2. The Morgan fingerprint density at radius 1 is 1.00 bits per heavy atom. The monoisotopic (exact) mass is 172 g/mol. The van der Waals surface area contributed by atoms with Gasteiger partial charge in [-0.2, -0.15) is 0 Å². The van der Waals surface area contributed by atoms with Crippen LogP contribution in [0.5, 0.6) is 0 Å². The van der Waals surface area contributed by atoms with E-state index in [0.29, 0.717) is 0 Å². The fourth-order valence-corrected chi connectivity index (χ4v) is 6.68. The molecular formula is C13H16. The Hall–Kier alpha value is -0.260. The van der Waals surface area contributed by atoms with E-state index in [-0.39, 0.29) is 0 Å². The second-order valence-corrected chi connectivity index (χ2v) is 6.19. The van der Waals surface area contributed by atoms with Crippen molar-refractivity contribution in [2.45, 2.75) is 32.1 Å². The summed E-state index contributed by atoms with van der Waals surface area (Å²) in [5.74, 6) is 4.43. The van der Waals surface area contributed by atoms with Crippen molar-refractivity contribution in [1.29, 1.82) is 0 Å². The number of hydrogen-bond acceptors (Lipinski definition) is 0. The Kier molecular flexibility index (Phi) is 0.691. The topological polar surface area (TPSA) is 0 Å². The molecule has 0 aromatic heterocycles. The Balaban J connectivity index is 1.85. The molecule has 0 N–H and O–H groups in total. The summed E-state index contributed by atoms with van der Waals surface area (Å²) in [5.41, 5.74) is 1.78. The van der Waals surface area contributed by atoms with Gasteiger partial charge in [0.2, 0.25) is 0 Å². The molecule has 68 valence electrons. The molecule has 0 aromatic carbocycles. The lowest BCUT2D eigenvalue weighted by Gasteiger charge is -2.20. The summed E-state index contributed by atoms with van der Waals surface area (Å²) in [4.78, 5) is 0. The molecule has 0 bridgehead atoms. The predicted octanol–water partition coefficient (Wildman–Crippen LogP) is 3.00. The average Bonchev–Trinajstić information content (AvgIpc) is 2.52. The van der Waals surface area contributed by atoms with E-state index in [0.717, 1.165) is 34.5 Å². The molecule has 5 aliphatic rings. The maximum atomic E-state index is 2.61. The summed E-state index contributed by atoms with van der Waals surface area (Å²) in [5, 5.41) is 0. The largest absolute Gasteiger partial charge is 0.0845 e. The van der Waals surface area contributed by atoms with E-state index >= 15 is 0 Å². The Morgan fingerprint density at radius 3 is 2.85 bits per heavy atom. The maximum Gasteiger partial charge on any atom is -0.00977 e. The zero-order chi connectivity index (χ0) is 8.26. The van der Waals surface area contributed by atoms with E-state index in [1.807, 2.05) is 0 Å². The first kappa shape index (κ1) is 6.27. The fourth-order valence-electron chi connectivity index (χ4n) is 6.68. The summed E-state index contributed by atoms with van der Waals surface area (Å²) in [6.07, 6.45) is 13.1. The molecule has 5 aliphatic carbocycles. The number of rotatable bonds is 0. The first-order chi connectivity index (χ1) is 6.40. The highest BCUT2D eigenvalue weighted by molar-refractivity contribution is 5.45. The second kappa shape index (κ2) is 1.43. The van der Waals surface area contributed by atoms with Gasteiger partial charge >= 0.3 is 0 Å². The number of allylic oxidation sites excluding steroid dienone is 2. The summed E-state index contributed by atoms with van der Waals surface area (Å²) in [6.45, 7) is 0. The van der Waals surface area contributed by atoms with Gasteiger partial charge in [0.15, 0.2) is 0 Å². The van der Waals surface area contributed by atoms with Gasteiger partial charge in [0, 0.05) is 0 Å². The molecule has 13 heavy (non-hydrogen) atoms. The lowest BCUT2D eigenvalue weighted by Crippen LogP contribution is -2.14. The minimum atomic E-state index is 0.874. The van der Waals surface area contributed by atoms with Crippen LogP contribution in [-0.2, 0) is 0 Å². The number of hydrogen-bond donors (Lipinski definition) is 0. The van der Waals surface area contributed by atoms with Crippen molar-refractivity contribution in [3.8, 4) is 0 Å². The van der Waals surface area contributed by atoms with Gasteiger partial charge in [-0.25, -0.2) is 0 Å². The third-order valence-electron chi connectivity index (χ3n) is 6.65. The van der Waals surface area contributed by atoms with Gasteiger partial charge in [-0.15, -0.1) is 0 Å². The van der Waals surface area contributed by atoms with E-state index in [2.05, 4.69) is 12.2 Å². The molecule has 0 aromatic rings. The van der Waals surface area contributed by atoms with Gasteiger partial charge in [-0.05, 0) is 66.6 Å². The van der Waals surface area contributed by atoms with Crippen LogP contribution in [0.1, 0.15) is 32.1 Å². The smallest absolute Gasteiger partial charge is 0.00977 e. The van der Waals surface area contributed by atoms with Crippen molar-refractivity contribution >= 4 is 0 Å². The first-order valence-electron chi connectivity index (χ1n) is 6.09. The molecule has 0 nitrogen and oxygen atoms in total. The van der Waals surface area contributed by atoms with E-state index in [1.165, 1.54) is 0 Å². The predicted molar refractivity (Wildman–Crippen MR) is 51.1 cm³/mol. The van der Waals surface area contributed by atoms with Crippen LogP contribution in [0.2, 0.25) is 0 Å². The molecule has 0 saturated heterocycles.